The summed E-state index contributed by atoms with van der Waals surface area (Å²) in [4.78, 5) is 26.5. The van der Waals surface area contributed by atoms with Crippen molar-refractivity contribution in [3.8, 4) is 68.6 Å². The van der Waals surface area contributed by atoms with E-state index in [-0.39, 0.29) is 58.1 Å². The van der Waals surface area contributed by atoms with Crippen LogP contribution in [0, 0.1) is 0 Å². The Morgan fingerprint density at radius 2 is 0.955 bits per heavy atom. The predicted octanol–water partition coefficient (Wildman–Crippen LogP) is 5.02. The summed E-state index contributed by atoms with van der Waals surface area (Å²) in [5, 5.41) is 65.2. The van der Waals surface area contributed by atoms with Crippen LogP contribution in [0.25, 0.3) is 11.1 Å². The summed E-state index contributed by atoms with van der Waals surface area (Å²) in [6.07, 6.45) is -2.50. The second-order valence-corrected chi connectivity index (χ2v) is 10.3. The highest BCUT2D eigenvalue weighted by atomic mass is 16.5. The van der Waals surface area contributed by atoms with Crippen LogP contribution >= 0.6 is 0 Å². The zero-order valence-electron chi connectivity index (χ0n) is 23.3. The van der Waals surface area contributed by atoms with E-state index in [4.69, 9.17) is 18.9 Å². The van der Waals surface area contributed by atoms with Crippen LogP contribution < -0.4 is 18.9 Å². The minimum atomic E-state index is -0.955. The molecular formula is C32H26O12. The normalized spacial score (nSPS) is 17.2. The van der Waals surface area contributed by atoms with Crippen molar-refractivity contribution in [2.24, 2.45) is 0 Å². The summed E-state index contributed by atoms with van der Waals surface area (Å²) >= 11 is 0. The molecule has 0 aliphatic carbocycles. The number of carbonyl (C=O) groups is 2. The van der Waals surface area contributed by atoms with E-state index in [1.54, 1.807) is 12.1 Å². The number of fused-ring (bicyclic) bond motifs is 2. The fourth-order valence-corrected chi connectivity index (χ4v) is 5.60. The Morgan fingerprint density at radius 1 is 0.568 bits per heavy atom. The van der Waals surface area contributed by atoms with Crippen molar-refractivity contribution < 1.29 is 59.2 Å². The number of carbonyl (C=O) groups excluding carboxylic acids is 2. The third-order valence-corrected chi connectivity index (χ3v) is 7.74. The lowest BCUT2D eigenvalue weighted by molar-refractivity contribution is 0.0830. The van der Waals surface area contributed by atoms with Crippen LogP contribution in [0.15, 0.2) is 48.5 Å². The molecule has 44 heavy (non-hydrogen) atoms. The Bertz CT molecular complexity index is 1730. The molecule has 4 aromatic carbocycles. The van der Waals surface area contributed by atoms with Gasteiger partial charge in [-0.1, -0.05) is 0 Å². The van der Waals surface area contributed by atoms with Crippen LogP contribution in [0.4, 0.5) is 0 Å². The van der Waals surface area contributed by atoms with Gasteiger partial charge in [0.1, 0.15) is 80.8 Å². The minimum absolute atomic E-state index is 0.184. The third-order valence-electron chi connectivity index (χ3n) is 7.74. The first-order valence-corrected chi connectivity index (χ1v) is 13.3. The molecule has 12 nitrogen and oxygen atoms in total. The average molecular weight is 603 g/mol. The minimum Gasteiger partial charge on any atom is -0.507 e. The smallest absolute Gasteiger partial charge is 0.174 e. The van der Waals surface area contributed by atoms with E-state index in [1.807, 2.05) is 0 Å². The van der Waals surface area contributed by atoms with E-state index in [0.29, 0.717) is 11.5 Å². The van der Waals surface area contributed by atoms with E-state index >= 15 is 0 Å². The van der Waals surface area contributed by atoms with Gasteiger partial charge in [0.05, 0.1) is 38.2 Å². The van der Waals surface area contributed by atoms with Gasteiger partial charge >= 0.3 is 0 Å². The lowest BCUT2D eigenvalue weighted by Crippen LogP contribution is -2.21. The van der Waals surface area contributed by atoms with Crippen molar-refractivity contribution in [3.05, 3.63) is 70.8 Å². The van der Waals surface area contributed by atoms with Crippen molar-refractivity contribution in [2.75, 3.05) is 14.2 Å². The van der Waals surface area contributed by atoms with Gasteiger partial charge in [-0.25, -0.2) is 0 Å². The molecule has 4 aromatic rings. The molecule has 2 aliphatic rings. The van der Waals surface area contributed by atoms with Crippen molar-refractivity contribution in [3.63, 3.8) is 0 Å². The number of rotatable bonds is 5. The molecule has 0 fully saturated rings. The first-order chi connectivity index (χ1) is 21.0. The van der Waals surface area contributed by atoms with Gasteiger partial charge in [-0.3, -0.25) is 9.59 Å². The molecular weight excluding hydrogens is 576 g/mol. The molecule has 6 N–H and O–H groups in total. The van der Waals surface area contributed by atoms with E-state index in [2.05, 4.69) is 0 Å². The van der Waals surface area contributed by atoms with Gasteiger partial charge in [0.25, 0.3) is 0 Å². The van der Waals surface area contributed by atoms with Gasteiger partial charge in [0.2, 0.25) is 0 Å². The van der Waals surface area contributed by atoms with Crippen LogP contribution in [0.2, 0.25) is 0 Å². The van der Waals surface area contributed by atoms with Crippen molar-refractivity contribution in [1.82, 2.24) is 0 Å². The number of aromatic hydroxyl groups is 6. The number of hydrogen-bond donors (Lipinski definition) is 6. The second-order valence-electron chi connectivity index (χ2n) is 10.3. The zero-order chi connectivity index (χ0) is 31.4. The number of ether oxygens (including phenoxy) is 4. The fourth-order valence-electron chi connectivity index (χ4n) is 5.60. The van der Waals surface area contributed by atoms with Crippen LogP contribution in [0.5, 0.6) is 57.5 Å². The Morgan fingerprint density at radius 3 is 1.30 bits per heavy atom. The Hall–Kier alpha value is -5.78. The SMILES string of the molecule is COc1ccc(C2CC(=O)c3c(cc(O)c(-c4c(O)cc5c(c4O)C(=O)CC(c4ccc(OC)cc4O)O5)c3O)O2)c(O)c1. The highest BCUT2D eigenvalue weighted by Crippen LogP contribution is 2.56. The van der Waals surface area contributed by atoms with Crippen molar-refractivity contribution in [2.45, 2.75) is 25.0 Å². The quantitative estimate of drug-likeness (QED) is 0.179. The zero-order valence-corrected chi connectivity index (χ0v) is 23.3. The van der Waals surface area contributed by atoms with Crippen molar-refractivity contribution >= 4 is 11.6 Å². The number of phenolic OH excluding ortho intramolecular Hbond substituents is 6. The standard InChI is InChI=1S/C32H26O12/c1-41-13-3-5-15(17(33)7-13)23-9-19(35)27-25(43-23)11-21(37)29(31(27)39)30-22(38)12-26-28(32(30)40)20(36)10-24(44-26)16-6-4-14(42-2)8-18(16)34/h3-8,11-12,23-24,33-34,37-40H,9-10H2,1-2H3. The maximum atomic E-state index is 13.3. The lowest BCUT2D eigenvalue weighted by atomic mass is 9.88. The number of methoxy groups -OCH3 is 2. The van der Waals surface area contributed by atoms with Crippen LogP contribution in [0.1, 0.15) is 56.9 Å². The van der Waals surface area contributed by atoms with Gasteiger partial charge in [-0.05, 0) is 24.3 Å². The predicted molar refractivity (Wildman–Crippen MR) is 152 cm³/mol. The van der Waals surface area contributed by atoms with E-state index in [9.17, 15) is 40.2 Å². The first kappa shape index (κ1) is 28.3. The van der Waals surface area contributed by atoms with Crippen LogP contribution in [-0.2, 0) is 0 Å². The highest BCUT2D eigenvalue weighted by molar-refractivity contribution is 6.09. The summed E-state index contributed by atoms with van der Waals surface area (Å²) in [7, 11) is 2.86. The molecule has 2 unspecified atom stereocenters. The van der Waals surface area contributed by atoms with Crippen molar-refractivity contribution in [1.29, 1.82) is 0 Å². The maximum Gasteiger partial charge on any atom is 0.174 e. The average Bonchev–Trinajstić information content (AvgIpc) is 2.97. The Labute approximate surface area is 249 Å². The molecule has 0 amide bonds. The Kier molecular flexibility index (Phi) is 6.76. The molecule has 0 saturated heterocycles. The molecule has 2 heterocycles. The largest absolute Gasteiger partial charge is 0.507 e. The summed E-state index contributed by atoms with van der Waals surface area (Å²) in [6, 6.07) is 11.0. The van der Waals surface area contributed by atoms with Gasteiger partial charge < -0.3 is 49.6 Å². The van der Waals surface area contributed by atoms with Crippen LogP contribution in [0.3, 0.4) is 0 Å². The number of ketones is 2. The molecule has 12 heteroatoms. The van der Waals surface area contributed by atoms with Crippen LogP contribution in [-0.4, -0.2) is 56.4 Å². The van der Waals surface area contributed by atoms with E-state index < -0.39 is 57.9 Å². The molecule has 0 bridgehead atoms. The van der Waals surface area contributed by atoms with Gasteiger partial charge in [0.15, 0.2) is 11.6 Å². The number of benzene rings is 4. The van der Waals surface area contributed by atoms with E-state index in [1.165, 1.54) is 38.5 Å². The first-order valence-electron chi connectivity index (χ1n) is 13.3. The monoisotopic (exact) mass is 602 g/mol. The fraction of sp³-hybridized carbons (Fsp3) is 0.188. The molecule has 0 radical (unpaired) electrons. The molecule has 2 aliphatic heterocycles. The molecule has 0 saturated carbocycles. The molecule has 0 spiro atoms. The summed E-state index contributed by atoms with van der Waals surface area (Å²) in [5.74, 6) is -4.14. The van der Waals surface area contributed by atoms with E-state index in [0.717, 1.165) is 12.1 Å². The molecule has 2 atom stereocenters. The second kappa shape index (κ2) is 10.5. The highest BCUT2D eigenvalue weighted by Gasteiger charge is 2.38. The lowest BCUT2D eigenvalue weighted by Gasteiger charge is -2.29. The number of Topliss-reactive ketones (excluding diaryl/α,β-unsaturated/α-hetero) is 2. The molecule has 226 valence electrons. The molecule has 6 rings (SSSR count). The number of phenols is 6. The van der Waals surface area contributed by atoms with Gasteiger partial charge in [-0.2, -0.15) is 0 Å². The maximum absolute atomic E-state index is 13.3. The van der Waals surface area contributed by atoms with Gasteiger partial charge in [-0.15, -0.1) is 0 Å². The molecule has 0 aromatic heterocycles. The topological polar surface area (TPSA) is 192 Å². The summed E-state index contributed by atoms with van der Waals surface area (Å²) < 4.78 is 21.9. The van der Waals surface area contributed by atoms with Gasteiger partial charge in [0, 0.05) is 35.4 Å². The summed E-state index contributed by atoms with van der Waals surface area (Å²) in [5.41, 5.74) is -1.11. The number of hydrogen-bond acceptors (Lipinski definition) is 12. The Balaban J connectivity index is 1.39. The summed E-state index contributed by atoms with van der Waals surface area (Å²) in [6.45, 7) is 0. The third kappa shape index (κ3) is 4.47.